The molecule has 3 N–H and O–H groups in total. The van der Waals surface area contributed by atoms with E-state index in [2.05, 4.69) is 42.7 Å². The summed E-state index contributed by atoms with van der Waals surface area (Å²) in [6.45, 7) is 8.74. The minimum Gasteiger partial charge on any atom is -0.323 e. The lowest BCUT2D eigenvalue weighted by Crippen LogP contribution is -2.40. The number of fused-ring (bicyclic) bond motifs is 1. The van der Waals surface area contributed by atoms with E-state index in [0.717, 1.165) is 24.2 Å². The molecule has 166 valence electrons. The summed E-state index contributed by atoms with van der Waals surface area (Å²) in [6, 6.07) is 7.27. The lowest BCUT2D eigenvalue weighted by molar-refractivity contribution is 0.111. The molecule has 2 aliphatic rings. The van der Waals surface area contributed by atoms with Crippen LogP contribution < -0.4 is 10.6 Å². The van der Waals surface area contributed by atoms with Gasteiger partial charge in [0, 0.05) is 54.3 Å². The first-order chi connectivity index (χ1) is 15.1. The highest BCUT2D eigenvalue weighted by molar-refractivity contribution is 6.31. The molecular formula is C22H30ClN7O. The fourth-order valence-electron chi connectivity index (χ4n) is 3.17. The molecule has 1 saturated heterocycles. The van der Waals surface area contributed by atoms with Crippen LogP contribution in [-0.4, -0.2) is 64.6 Å². The molecule has 3 aromatic rings. The molecule has 0 atom stereocenters. The van der Waals surface area contributed by atoms with Crippen molar-refractivity contribution >= 4 is 40.4 Å². The number of hydrogen-bond donors (Lipinski definition) is 3. The predicted octanol–water partition coefficient (Wildman–Crippen LogP) is 3.99. The second-order valence-corrected chi connectivity index (χ2v) is 7.81. The van der Waals surface area contributed by atoms with Gasteiger partial charge in [0.2, 0.25) is 0 Å². The number of aldehydes is 1. The molecule has 0 spiro atoms. The lowest BCUT2D eigenvalue weighted by Gasteiger charge is -2.21. The Kier molecular flexibility index (Phi) is 8.34. The Hall–Kier alpha value is -2.55. The first kappa shape index (κ1) is 23.1. The normalized spacial score (nSPS) is 16.0. The van der Waals surface area contributed by atoms with Gasteiger partial charge in [0.25, 0.3) is 0 Å². The van der Waals surface area contributed by atoms with Crippen LogP contribution >= 0.6 is 11.6 Å². The zero-order valence-electron chi connectivity index (χ0n) is 18.3. The van der Waals surface area contributed by atoms with E-state index in [1.807, 2.05) is 26.0 Å². The first-order valence-corrected chi connectivity index (χ1v) is 11.1. The SMILES string of the molecule is CC.CN1CCNCC1.O=Cc1nc(Nc2cc(C3CC3)[nH]n2)c2ccc(Cl)cc2n1. The van der Waals surface area contributed by atoms with Crippen LogP contribution in [0.15, 0.2) is 24.3 Å². The number of anilines is 2. The number of halogens is 1. The van der Waals surface area contributed by atoms with E-state index in [1.165, 1.54) is 25.9 Å². The third kappa shape index (κ3) is 6.46. The molecule has 0 amide bonds. The maximum Gasteiger partial charge on any atom is 0.195 e. The number of rotatable bonds is 4. The van der Waals surface area contributed by atoms with Gasteiger partial charge in [-0.25, -0.2) is 9.97 Å². The second kappa shape index (κ2) is 11.2. The van der Waals surface area contributed by atoms with Crippen LogP contribution in [0.1, 0.15) is 48.9 Å². The van der Waals surface area contributed by atoms with Crippen molar-refractivity contribution in [1.82, 2.24) is 30.4 Å². The number of H-pyrrole nitrogens is 1. The molecule has 2 aromatic heterocycles. The fourth-order valence-corrected chi connectivity index (χ4v) is 3.34. The average Bonchev–Trinajstić information content (AvgIpc) is 3.54. The molecule has 8 nitrogen and oxygen atoms in total. The van der Waals surface area contributed by atoms with Gasteiger partial charge in [-0.1, -0.05) is 25.4 Å². The van der Waals surface area contributed by atoms with Crippen molar-refractivity contribution in [1.29, 1.82) is 0 Å². The summed E-state index contributed by atoms with van der Waals surface area (Å²) in [5.74, 6) is 1.91. The maximum atomic E-state index is 11.0. The molecule has 5 rings (SSSR count). The largest absolute Gasteiger partial charge is 0.323 e. The van der Waals surface area contributed by atoms with E-state index in [1.54, 1.807) is 12.1 Å². The van der Waals surface area contributed by atoms with Gasteiger partial charge in [0.05, 0.1) is 5.52 Å². The Morgan fingerprint density at radius 2 is 1.90 bits per heavy atom. The number of piperazine rings is 1. The van der Waals surface area contributed by atoms with Crippen LogP contribution in [0.5, 0.6) is 0 Å². The highest BCUT2D eigenvalue weighted by Crippen LogP contribution is 2.39. The number of benzene rings is 1. The van der Waals surface area contributed by atoms with Gasteiger partial charge in [-0.2, -0.15) is 5.10 Å². The summed E-state index contributed by atoms with van der Waals surface area (Å²) in [5, 5.41) is 15.0. The summed E-state index contributed by atoms with van der Waals surface area (Å²) < 4.78 is 0. The standard InChI is InChI=1S/C15H12ClN5O.C5H12N2.C2H6/c16-9-3-4-10-12(5-9)17-14(7-22)19-15(10)18-13-6-11(20-21-13)8-1-2-8;1-7-4-2-6-3-5-7;1-2/h3-8H,1-2H2,(H2,17,18,19,20,21);6H,2-5H2,1H3;1-2H3. The molecule has 0 radical (unpaired) electrons. The summed E-state index contributed by atoms with van der Waals surface area (Å²) in [5.41, 5.74) is 1.74. The Labute approximate surface area is 187 Å². The van der Waals surface area contributed by atoms with Crippen molar-refractivity contribution in [3.05, 3.63) is 40.8 Å². The predicted molar refractivity (Wildman–Crippen MR) is 125 cm³/mol. The smallest absolute Gasteiger partial charge is 0.195 e. The van der Waals surface area contributed by atoms with Gasteiger partial charge in [-0.3, -0.25) is 9.89 Å². The highest BCUT2D eigenvalue weighted by Gasteiger charge is 2.25. The average molecular weight is 444 g/mol. The number of aromatic nitrogens is 4. The van der Waals surface area contributed by atoms with Crippen LogP contribution in [0.25, 0.3) is 10.9 Å². The van der Waals surface area contributed by atoms with Crippen LogP contribution in [0.4, 0.5) is 11.6 Å². The molecule has 31 heavy (non-hydrogen) atoms. The van der Waals surface area contributed by atoms with Gasteiger partial charge >= 0.3 is 0 Å². The van der Waals surface area contributed by atoms with Gasteiger partial charge in [-0.05, 0) is 38.1 Å². The summed E-state index contributed by atoms with van der Waals surface area (Å²) >= 11 is 5.99. The van der Waals surface area contributed by atoms with Crippen molar-refractivity contribution in [2.45, 2.75) is 32.6 Å². The monoisotopic (exact) mass is 443 g/mol. The number of aromatic amines is 1. The molecular weight excluding hydrogens is 414 g/mol. The van der Waals surface area contributed by atoms with Crippen LogP contribution in [0.3, 0.4) is 0 Å². The fraction of sp³-hybridized carbons (Fsp3) is 0.455. The summed E-state index contributed by atoms with van der Waals surface area (Å²) in [7, 11) is 2.15. The molecule has 1 aliphatic carbocycles. The number of carbonyl (C=O) groups is 1. The van der Waals surface area contributed by atoms with Crippen LogP contribution in [0.2, 0.25) is 5.02 Å². The number of nitrogens with zero attached hydrogens (tertiary/aromatic N) is 4. The topological polar surface area (TPSA) is 98.8 Å². The first-order valence-electron chi connectivity index (χ1n) is 10.8. The van der Waals surface area contributed by atoms with E-state index in [4.69, 9.17) is 11.6 Å². The van der Waals surface area contributed by atoms with E-state index in [0.29, 0.717) is 34.4 Å². The minimum atomic E-state index is 0.107. The van der Waals surface area contributed by atoms with Gasteiger partial charge in [0.1, 0.15) is 5.82 Å². The minimum absolute atomic E-state index is 0.107. The van der Waals surface area contributed by atoms with Crippen LogP contribution in [-0.2, 0) is 0 Å². The quantitative estimate of drug-likeness (QED) is 0.524. The Morgan fingerprint density at radius 3 is 2.52 bits per heavy atom. The third-order valence-electron chi connectivity index (χ3n) is 4.98. The Bertz CT molecular complexity index is 997. The maximum absolute atomic E-state index is 11.0. The zero-order chi connectivity index (χ0) is 22.2. The third-order valence-corrected chi connectivity index (χ3v) is 5.22. The zero-order valence-corrected chi connectivity index (χ0v) is 19.0. The second-order valence-electron chi connectivity index (χ2n) is 7.37. The van der Waals surface area contributed by atoms with E-state index < -0.39 is 0 Å². The molecule has 1 saturated carbocycles. The molecule has 1 aliphatic heterocycles. The highest BCUT2D eigenvalue weighted by atomic mass is 35.5. The Balaban J connectivity index is 0.000000256. The number of hydrogen-bond acceptors (Lipinski definition) is 7. The van der Waals surface area contributed by atoms with Gasteiger partial charge in [0.15, 0.2) is 17.9 Å². The van der Waals surface area contributed by atoms with Crippen molar-refractivity contribution in [2.24, 2.45) is 0 Å². The molecule has 0 unspecified atom stereocenters. The van der Waals surface area contributed by atoms with Crippen LogP contribution in [0, 0.1) is 0 Å². The number of carbonyl (C=O) groups excluding carboxylic acids is 1. The summed E-state index contributed by atoms with van der Waals surface area (Å²) in [4.78, 5) is 21.8. The van der Waals surface area contributed by atoms with Gasteiger partial charge < -0.3 is 15.5 Å². The summed E-state index contributed by atoms with van der Waals surface area (Å²) in [6.07, 6.45) is 3.02. The number of likely N-dealkylation sites (N-methyl/N-ethyl adjacent to an activating group) is 1. The molecule has 0 bridgehead atoms. The molecule has 9 heteroatoms. The molecule has 2 fully saturated rings. The van der Waals surface area contributed by atoms with Crippen molar-refractivity contribution < 1.29 is 4.79 Å². The van der Waals surface area contributed by atoms with E-state index in [-0.39, 0.29) is 5.82 Å². The Morgan fingerprint density at radius 1 is 1.16 bits per heavy atom. The molecule has 1 aromatic carbocycles. The molecule has 3 heterocycles. The van der Waals surface area contributed by atoms with E-state index >= 15 is 0 Å². The van der Waals surface area contributed by atoms with Crippen molar-refractivity contribution in [3.63, 3.8) is 0 Å². The van der Waals surface area contributed by atoms with Crippen molar-refractivity contribution in [3.8, 4) is 0 Å². The van der Waals surface area contributed by atoms with Crippen molar-refractivity contribution in [2.75, 3.05) is 38.5 Å². The lowest BCUT2D eigenvalue weighted by atomic mass is 10.2. The number of nitrogens with one attached hydrogen (secondary N) is 3. The van der Waals surface area contributed by atoms with Gasteiger partial charge in [-0.15, -0.1) is 0 Å². The van der Waals surface area contributed by atoms with E-state index in [9.17, 15) is 4.79 Å².